The zero-order valence-corrected chi connectivity index (χ0v) is 16.8. The predicted octanol–water partition coefficient (Wildman–Crippen LogP) is 2.98. The quantitative estimate of drug-likeness (QED) is 0.659. The highest BCUT2D eigenvalue weighted by molar-refractivity contribution is 5.94. The van der Waals surface area contributed by atoms with Crippen LogP contribution in [0, 0.1) is 11.6 Å². The first-order chi connectivity index (χ1) is 14.3. The second kappa shape index (κ2) is 11.5. The SMILES string of the molecule is CC1CCC(C(=O)Nc2ccnc(C(O)CO)c2)O1.CCOc1cccc(F)c1F. The van der Waals surface area contributed by atoms with Crippen molar-refractivity contribution in [1.29, 1.82) is 0 Å². The third kappa shape index (κ3) is 6.72. The fraction of sp³-hybridized carbons (Fsp3) is 0.429. The minimum absolute atomic E-state index is 0.0347. The van der Waals surface area contributed by atoms with E-state index in [0.717, 1.165) is 12.5 Å². The standard InChI is InChI=1S/C13H18N2O4.C8H8F2O/c1-8-2-3-12(19-8)13(18)15-9-4-5-14-10(6-9)11(17)7-16;1-2-11-7-5-3-4-6(9)8(7)10/h4-6,8,11-12,16-17H,2-3,7H2,1H3,(H,14,15,18);3-5H,2H2,1H3. The van der Waals surface area contributed by atoms with E-state index in [1.165, 1.54) is 24.4 Å². The van der Waals surface area contributed by atoms with Gasteiger partial charge < -0.3 is 25.0 Å². The molecule has 7 nitrogen and oxygen atoms in total. The summed E-state index contributed by atoms with van der Waals surface area (Å²) < 4.78 is 35.4. The molecule has 1 aromatic heterocycles. The highest BCUT2D eigenvalue weighted by Crippen LogP contribution is 2.21. The van der Waals surface area contributed by atoms with E-state index in [-0.39, 0.29) is 17.8 Å². The normalized spacial score (nSPS) is 18.9. The second-order valence-corrected chi connectivity index (χ2v) is 6.65. The lowest BCUT2D eigenvalue weighted by Crippen LogP contribution is -2.27. The molecule has 0 aliphatic carbocycles. The molecule has 3 rings (SSSR count). The number of hydrogen-bond acceptors (Lipinski definition) is 6. The zero-order valence-electron chi connectivity index (χ0n) is 16.8. The third-order valence-electron chi connectivity index (χ3n) is 4.30. The minimum atomic E-state index is -1.04. The van der Waals surface area contributed by atoms with Crippen LogP contribution in [0.4, 0.5) is 14.5 Å². The number of aliphatic hydroxyl groups excluding tert-OH is 2. The van der Waals surface area contributed by atoms with Gasteiger partial charge in [0.2, 0.25) is 5.82 Å². The molecule has 1 fully saturated rings. The summed E-state index contributed by atoms with van der Waals surface area (Å²) in [6, 6.07) is 7.02. The Morgan fingerprint density at radius 2 is 2.13 bits per heavy atom. The molecule has 3 unspecified atom stereocenters. The van der Waals surface area contributed by atoms with Gasteiger partial charge in [0, 0.05) is 11.9 Å². The molecule has 1 aliphatic rings. The van der Waals surface area contributed by atoms with Crippen molar-refractivity contribution in [2.75, 3.05) is 18.5 Å². The molecule has 3 N–H and O–H groups in total. The van der Waals surface area contributed by atoms with Gasteiger partial charge in [-0.15, -0.1) is 0 Å². The van der Waals surface area contributed by atoms with Crippen LogP contribution >= 0.6 is 0 Å². The number of carbonyl (C=O) groups excluding carboxylic acids is 1. The summed E-state index contributed by atoms with van der Waals surface area (Å²) in [5, 5.41) is 21.1. The van der Waals surface area contributed by atoms with Crippen LogP contribution in [0.5, 0.6) is 5.75 Å². The topological polar surface area (TPSA) is 101 Å². The first-order valence-corrected chi connectivity index (χ1v) is 9.63. The van der Waals surface area contributed by atoms with Gasteiger partial charge in [0.1, 0.15) is 12.2 Å². The second-order valence-electron chi connectivity index (χ2n) is 6.65. The Morgan fingerprint density at radius 3 is 2.77 bits per heavy atom. The van der Waals surface area contributed by atoms with Gasteiger partial charge in [-0.1, -0.05) is 6.07 Å². The molecule has 1 aromatic carbocycles. The van der Waals surface area contributed by atoms with Crippen LogP contribution in [0.2, 0.25) is 0 Å². The van der Waals surface area contributed by atoms with Crippen molar-refractivity contribution in [2.24, 2.45) is 0 Å². The number of amides is 1. The van der Waals surface area contributed by atoms with Crippen LogP contribution in [0.1, 0.15) is 38.5 Å². The van der Waals surface area contributed by atoms with E-state index in [2.05, 4.69) is 10.3 Å². The first-order valence-electron chi connectivity index (χ1n) is 9.63. The Balaban J connectivity index is 0.000000248. The molecule has 3 atom stereocenters. The highest BCUT2D eigenvalue weighted by atomic mass is 19.2. The summed E-state index contributed by atoms with van der Waals surface area (Å²) in [7, 11) is 0. The number of nitrogens with zero attached hydrogens (tertiary/aromatic N) is 1. The molecule has 2 heterocycles. The Bertz CT molecular complexity index is 837. The summed E-state index contributed by atoms with van der Waals surface area (Å²) in [6.07, 6.45) is 1.71. The van der Waals surface area contributed by atoms with Gasteiger partial charge in [-0.25, -0.2) is 4.39 Å². The van der Waals surface area contributed by atoms with Crippen LogP contribution in [0.25, 0.3) is 0 Å². The van der Waals surface area contributed by atoms with E-state index >= 15 is 0 Å². The first kappa shape index (κ1) is 23.7. The molecule has 30 heavy (non-hydrogen) atoms. The maximum Gasteiger partial charge on any atom is 0.253 e. The number of pyridine rings is 1. The number of benzene rings is 1. The minimum Gasteiger partial charge on any atom is -0.491 e. The molecule has 1 amide bonds. The van der Waals surface area contributed by atoms with Crippen molar-refractivity contribution in [3.8, 4) is 5.75 Å². The molecule has 1 aliphatic heterocycles. The van der Waals surface area contributed by atoms with Gasteiger partial charge >= 0.3 is 0 Å². The van der Waals surface area contributed by atoms with E-state index in [4.69, 9.17) is 14.6 Å². The monoisotopic (exact) mass is 424 g/mol. The van der Waals surface area contributed by atoms with E-state index in [9.17, 15) is 18.7 Å². The Kier molecular flexibility index (Phi) is 9.10. The van der Waals surface area contributed by atoms with E-state index in [0.29, 0.717) is 24.4 Å². The number of carbonyl (C=O) groups is 1. The van der Waals surface area contributed by atoms with E-state index in [1.54, 1.807) is 13.0 Å². The Hall–Kier alpha value is -2.62. The van der Waals surface area contributed by atoms with Gasteiger partial charge in [-0.05, 0) is 51.0 Å². The lowest BCUT2D eigenvalue weighted by atomic mass is 10.2. The van der Waals surface area contributed by atoms with Gasteiger partial charge in [-0.2, -0.15) is 4.39 Å². The van der Waals surface area contributed by atoms with Gasteiger partial charge in [0.25, 0.3) is 5.91 Å². The highest BCUT2D eigenvalue weighted by Gasteiger charge is 2.28. The number of aliphatic hydroxyl groups is 2. The third-order valence-corrected chi connectivity index (χ3v) is 4.30. The van der Waals surface area contributed by atoms with Crippen LogP contribution in [-0.4, -0.2) is 46.5 Å². The average molecular weight is 424 g/mol. The summed E-state index contributed by atoms with van der Waals surface area (Å²) in [5.74, 6) is -2.03. The van der Waals surface area contributed by atoms with Gasteiger partial charge in [0.05, 0.1) is 25.0 Å². The molecule has 0 bridgehead atoms. The summed E-state index contributed by atoms with van der Waals surface area (Å²) in [5.41, 5.74) is 0.853. The summed E-state index contributed by atoms with van der Waals surface area (Å²) >= 11 is 0. The summed E-state index contributed by atoms with van der Waals surface area (Å²) in [4.78, 5) is 15.9. The largest absolute Gasteiger partial charge is 0.491 e. The lowest BCUT2D eigenvalue weighted by molar-refractivity contribution is -0.126. The van der Waals surface area contributed by atoms with Crippen LogP contribution in [0.3, 0.4) is 0 Å². The van der Waals surface area contributed by atoms with Crippen molar-refractivity contribution in [3.05, 3.63) is 53.9 Å². The zero-order chi connectivity index (χ0) is 22.1. The van der Waals surface area contributed by atoms with Gasteiger partial charge in [-0.3, -0.25) is 9.78 Å². The number of hydrogen-bond donors (Lipinski definition) is 3. The van der Waals surface area contributed by atoms with Crippen molar-refractivity contribution in [3.63, 3.8) is 0 Å². The molecule has 2 aromatic rings. The molecule has 9 heteroatoms. The lowest BCUT2D eigenvalue weighted by Gasteiger charge is -2.13. The smallest absolute Gasteiger partial charge is 0.253 e. The summed E-state index contributed by atoms with van der Waals surface area (Å²) in [6.45, 7) is 3.58. The fourth-order valence-corrected chi connectivity index (χ4v) is 2.77. The molecule has 0 spiro atoms. The van der Waals surface area contributed by atoms with Crippen molar-refractivity contribution < 1.29 is 33.3 Å². The molecule has 164 valence electrons. The maximum absolute atomic E-state index is 12.7. The molecular weight excluding hydrogens is 398 g/mol. The number of aromatic nitrogens is 1. The molecule has 0 radical (unpaired) electrons. The number of ether oxygens (including phenoxy) is 2. The van der Waals surface area contributed by atoms with Crippen molar-refractivity contribution in [2.45, 2.75) is 45.0 Å². The number of halogens is 2. The van der Waals surface area contributed by atoms with E-state index < -0.39 is 30.4 Å². The number of rotatable bonds is 6. The van der Waals surface area contributed by atoms with Crippen LogP contribution in [0.15, 0.2) is 36.5 Å². The van der Waals surface area contributed by atoms with Crippen LogP contribution in [-0.2, 0) is 9.53 Å². The number of anilines is 1. The van der Waals surface area contributed by atoms with Crippen molar-refractivity contribution in [1.82, 2.24) is 4.98 Å². The predicted molar refractivity (Wildman–Crippen MR) is 106 cm³/mol. The fourth-order valence-electron chi connectivity index (χ4n) is 2.77. The van der Waals surface area contributed by atoms with Crippen molar-refractivity contribution >= 4 is 11.6 Å². The van der Waals surface area contributed by atoms with E-state index in [1.807, 2.05) is 6.92 Å². The molecule has 1 saturated heterocycles. The molecular formula is C21H26F2N2O5. The Labute approximate surface area is 173 Å². The van der Waals surface area contributed by atoms with Gasteiger partial charge in [0.15, 0.2) is 11.6 Å². The Morgan fingerprint density at radius 1 is 1.37 bits per heavy atom. The maximum atomic E-state index is 12.7. The van der Waals surface area contributed by atoms with Crippen LogP contribution < -0.4 is 10.1 Å². The average Bonchev–Trinajstić information content (AvgIpc) is 3.18. The number of nitrogens with one attached hydrogen (secondary N) is 1. The molecule has 0 saturated carbocycles.